The van der Waals surface area contributed by atoms with Gasteiger partial charge in [-0.05, 0) is 45.2 Å². The second-order valence-corrected chi connectivity index (χ2v) is 7.36. The highest BCUT2D eigenvalue weighted by Gasteiger charge is 2.21. The number of aromatic nitrogens is 1. The first kappa shape index (κ1) is 18.4. The summed E-state index contributed by atoms with van der Waals surface area (Å²) in [6, 6.07) is 6.35. The summed E-state index contributed by atoms with van der Waals surface area (Å²) in [4.78, 5) is 31.1. The molecular weight excluding hydrogens is 350 g/mol. The molecule has 0 aliphatic carbocycles. The normalized spacial score (nSPS) is 13.3. The Morgan fingerprint density at radius 1 is 1.35 bits per heavy atom. The van der Waals surface area contributed by atoms with Crippen molar-refractivity contribution in [2.75, 3.05) is 29.9 Å². The number of fused-ring (bicyclic) bond motifs is 1. The highest BCUT2D eigenvalue weighted by Crippen LogP contribution is 2.28. The average molecular weight is 373 g/mol. The van der Waals surface area contributed by atoms with E-state index in [1.807, 2.05) is 0 Å². The molecule has 1 aliphatic heterocycles. The molecule has 7 heteroatoms. The standard InChI is InChI=1S/C19H23N3O3S/c1-4-25-18(24)17-13(3)20-19(26-17)21-16(23)11-22-9-5-6-14-10-12(2)7-8-15(14)22/h7-8,10H,4-6,9,11H2,1-3H3,(H,20,21,23). The van der Waals surface area contributed by atoms with E-state index in [1.165, 1.54) is 11.1 Å². The summed E-state index contributed by atoms with van der Waals surface area (Å²) in [7, 11) is 0. The zero-order valence-corrected chi connectivity index (χ0v) is 16.1. The molecule has 1 amide bonds. The molecule has 138 valence electrons. The third kappa shape index (κ3) is 4.04. The lowest BCUT2D eigenvalue weighted by Gasteiger charge is -2.30. The van der Waals surface area contributed by atoms with Crippen LogP contribution in [0, 0.1) is 13.8 Å². The number of amides is 1. The lowest BCUT2D eigenvalue weighted by atomic mass is 9.99. The predicted molar refractivity (Wildman–Crippen MR) is 103 cm³/mol. The summed E-state index contributed by atoms with van der Waals surface area (Å²) >= 11 is 1.15. The molecule has 0 fully saturated rings. The van der Waals surface area contributed by atoms with Gasteiger partial charge in [0.1, 0.15) is 4.88 Å². The molecule has 26 heavy (non-hydrogen) atoms. The van der Waals surface area contributed by atoms with Crippen molar-refractivity contribution >= 4 is 34.0 Å². The maximum absolute atomic E-state index is 12.5. The van der Waals surface area contributed by atoms with Crippen LogP contribution in [0.4, 0.5) is 10.8 Å². The molecule has 3 rings (SSSR count). The van der Waals surface area contributed by atoms with Gasteiger partial charge in [0, 0.05) is 12.2 Å². The van der Waals surface area contributed by atoms with Crippen LogP contribution in [-0.4, -0.2) is 36.6 Å². The Bertz CT molecular complexity index is 831. The molecule has 0 unspecified atom stereocenters. The van der Waals surface area contributed by atoms with Gasteiger partial charge < -0.3 is 15.0 Å². The molecule has 1 aromatic carbocycles. The number of carbonyl (C=O) groups is 2. The van der Waals surface area contributed by atoms with Crippen molar-refractivity contribution in [3.63, 3.8) is 0 Å². The van der Waals surface area contributed by atoms with Crippen LogP contribution in [0.15, 0.2) is 18.2 Å². The first-order valence-electron chi connectivity index (χ1n) is 8.76. The minimum absolute atomic E-state index is 0.136. The van der Waals surface area contributed by atoms with E-state index >= 15 is 0 Å². The number of esters is 1. The van der Waals surface area contributed by atoms with Crippen LogP contribution < -0.4 is 10.2 Å². The number of aryl methyl sites for hydroxylation is 3. The number of rotatable bonds is 5. The molecule has 2 heterocycles. The van der Waals surface area contributed by atoms with Crippen LogP contribution in [0.1, 0.15) is 39.8 Å². The van der Waals surface area contributed by atoms with E-state index in [1.54, 1.807) is 13.8 Å². The maximum Gasteiger partial charge on any atom is 0.350 e. The zero-order chi connectivity index (χ0) is 18.7. The Labute approximate surface area is 157 Å². The fourth-order valence-electron chi connectivity index (χ4n) is 3.14. The maximum atomic E-state index is 12.5. The van der Waals surface area contributed by atoms with Gasteiger partial charge in [-0.1, -0.05) is 29.0 Å². The molecule has 1 aliphatic rings. The molecule has 0 bridgehead atoms. The van der Waals surface area contributed by atoms with E-state index in [2.05, 4.69) is 40.3 Å². The van der Waals surface area contributed by atoms with Crippen molar-refractivity contribution in [1.29, 1.82) is 0 Å². The second-order valence-electron chi connectivity index (χ2n) is 6.36. The van der Waals surface area contributed by atoms with E-state index in [4.69, 9.17) is 4.74 Å². The Morgan fingerprint density at radius 3 is 2.92 bits per heavy atom. The van der Waals surface area contributed by atoms with Crippen LogP contribution in [0.25, 0.3) is 0 Å². The summed E-state index contributed by atoms with van der Waals surface area (Å²) < 4.78 is 5.01. The van der Waals surface area contributed by atoms with Gasteiger partial charge in [0.2, 0.25) is 5.91 Å². The fourth-order valence-corrected chi connectivity index (χ4v) is 4.01. The van der Waals surface area contributed by atoms with Crippen molar-refractivity contribution in [3.8, 4) is 0 Å². The van der Waals surface area contributed by atoms with Crippen molar-refractivity contribution in [1.82, 2.24) is 4.98 Å². The summed E-state index contributed by atoms with van der Waals surface area (Å²) in [6.45, 7) is 7.01. The molecular formula is C19H23N3O3S. The lowest BCUT2D eigenvalue weighted by molar-refractivity contribution is -0.115. The van der Waals surface area contributed by atoms with Crippen molar-refractivity contribution < 1.29 is 14.3 Å². The number of anilines is 2. The Kier molecular flexibility index (Phi) is 5.56. The Morgan fingerprint density at radius 2 is 2.15 bits per heavy atom. The summed E-state index contributed by atoms with van der Waals surface area (Å²) in [5.74, 6) is -0.536. The molecule has 2 aromatic rings. The van der Waals surface area contributed by atoms with E-state index in [9.17, 15) is 9.59 Å². The van der Waals surface area contributed by atoms with Crippen LogP contribution in [-0.2, 0) is 16.0 Å². The minimum Gasteiger partial charge on any atom is -0.462 e. The minimum atomic E-state index is -0.400. The highest BCUT2D eigenvalue weighted by molar-refractivity contribution is 7.17. The van der Waals surface area contributed by atoms with E-state index in [0.717, 1.165) is 36.4 Å². The third-order valence-corrected chi connectivity index (χ3v) is 5.34. The van der Waals surface area contributed by atoms with Crippen LogP contribution in [0.2, 0.25) is 0 Å². The fraction of sp³-hybridized carbons (Fsp3) is 0.421. The molecule has 1 aromatic heterocycles. The van der Waals surface area contributed by atoms with E-state index in [0.29, 0.717) is 22.3 Å². The molecule has 1 N–H and O–H groups in total. The van der Waals surface area contributed by atoms with Crippen LogP contribution in [0.5, 0.6) is 0 Å². The number of ether oxygens (including phenoxy) is 1. The van der Waals surface area contributed by atoms with Crippen LogP contribution in [0.3, 0.4) is 0 Å². The molecule has 0 spiro atoms. The molecule has 0 radical (unpaired) electrons. The number of hydrogen-bond acceptors (Lipinski definition) is 6. The van der Waals surface area contributed by atoms with Crippen molar-refractivity contribution in [3.05, 3.63) is 39.9 Å². The topological polar surface area (TPSA) is 71.5 Å². The Balaban J connectivity index is 1.67. The smallest absolute Gasteiger partial charge is 0.350 e. The summed E-state index contributed by atoms with van der Waals surface area (Å²) in [6.07, 6.45) is 2.08. The third-order valence-electron chi connectivity index (χ3n) is 4.29. The number of benzene rings is 1. The molecule has 0 atom stereocenters. The number of hydrogen-bond donors (Lipinski definition) is 1. The van der Waals surface area contributed by atoms with E-state index < -0.39 is 5.97 Å². The number of nitrogens with zero attached hydrogens (tertiary/aromatic N) is 2. The van der Waals surface area contributed by atoms with Gasteiger partial charge in [-0.3, -0.25) is 4.79 Å². The first-order valence-corrected chi connectivity index (χ1v) is 9.58. The number of nitrogens with one attached hydrogen (secondary N) is 1. The Hall–Kier alpha value is -2.41. The highest BCUT2D eigenvalue weighted by atomic mass is 32.1. The van der Waals surface area contributed by atoms with Crippen molar-refractivity contribution in [2.24, 2.45) is 0 Å². The molecule has 0 saturated carbocycles. The average Bonchev–Trinajstić information content (AvgIpc) is 2.95. The molecule has 0 saturated heterocycles. The first-order chi connectivity index (χ1) is 12.5. The zero-order valence-electron chi connectivity index (χ0n) is 15.3. The summed E-state index contributed by atoms with van der Waals surface area (Å²) in [5.41, 5.74) is 4.22. The number of thiazole rings is 1. The van der Waals surface area contributed by atoms with Gasteiger partial charge in [-0.2, -0.15) is 0 Å². The SMILES string of the molecule is CCOC(=O)c1sc(NC(=O)CN2CCCc3cc(C)ccc32)nc1C. The van der Waals surface area contributed by atoms with Crippen LogP contribution >= 0.6 is 11.3 Å². The van der Waals surface area contributed by atoms with Gasteiger partial charge in [0.05, 0.1) is 18.8 Å². The van der Waals surface area contributed by atoms with Gasteiger partial charge in [-0.25, -0.2) is 9.78 Å². The lowest BCUT2D eigenvalue weighted by Crippen LogP contribution is -2.36. The quantitative estimate of drug-likeness (QED) is 0.814. The van der Waals surface area contributed by atoms with Gasteiger partial charge >= 0.3 is 5.97 Å². The number of carbonyl (C=O) groups excluding carboxylic acids is 2. The van der Waals surface area contributed by atoms with Crippen molar-refractivity contribution in [2.45, 2.75) is 33.6 Å². The second kappa shape index (κ2) is 7.86. The predicted octanol–water partition coefficient (Wildman–Crippen LogP) is 3.33. The van der Waals surface area contributed by atoms with E-state index in [-0.39, 0.29) is 12.5 Å². The summed E-state index contributed by atoms with van der Waals surface area (Å²) in [5, 5.41) is 3.24. The van der Waals surface area contributed by atoms with Gasteiger partial charge in [-0.15, -0.1) is 0 Å². The molecule has 6 nitrogen and oxygen atoms in total. The monoisotopic (exact) mass is 373 g/mol. The van der Waals surface area contributed by atoms with Gasteiger partial charge in [0.15, 0.2) is 5.13 Å². The largest absolute Gasteiger partial charge is 0.462 e. The van der Waals surface area contributed by atoms with Gasteiger partial charge in [0.25, 0.3) is 0 Å².